The average Bonchev–Trinajstić information content (AvgIpc) is 1.06. The Kier molecular flexibility index (Phi) is 70.4. The van der Waals surface area contributed by atoms with Crippen molar-refractivity contribution in [2.75, 3.05) is 39.6 Å². The number of carbonyl (C=O) groups is 4. The maximum Gasteiger partial charge on any atom is 0.472 e. The number of rotatable bonds is 74. The summed E-state index contributed by atoms with van der Waals surface area (Å²) in [4.78, 5) is 72.9. The third-order valence-corrected chi connectivity index (χ3v) is 18.4. The summed E-state index contributed by atoms with van der Waals surface area (Å²) in [7, 11) is -9.96. The van der Waals surface area contributed by atoms with E-state index in [4.69, 9.17) is 37.0 Å². The van der Waals surface area contributed by atoms with Gasteiger partial charge in [0.2, 0.25) is 0 Å². The molecule has 0 spiro atoms. The molecule has 5 atom stereocenters. The molecule has 3 N–H and O–H groups in total. The Balaban J connectivity index is 5.36. The number of allylic oxidation sites excluding steroid dienone is 16. The van der Waals surface area contributed by atoms with Crippen molar-refractivity contribution < 1.29 is 80.2 Å². The highest BCUT2D eigenvalue weighted by Crippen LogP contribution is 2.45. The second-order valence-corrected chi connectivity index (χ2v) is 29.1. The number of aliphatic hydroxyl groups is 1. The SMILES string of the molecule is CC/C=C\C/C=C\C/C=C\CCCCCCCCCC(=O)OCC(COP(=O)(O)OCC(O)COP(=O)(O)OCC(COC(=O)CCCCCCC/C=C\CCCCCCCC)OC(=O)CCCCCCC/C=C\CCCCCC)OC(=O)CCCCCCC/C=C\C/C=C\C/C=C\CC. The minimum Gasteiger partial charge on any atom is -0.462 e. The van der Waals surface area contributed by atoms with E-state index in [1.807, 2.05) is 0 Å². The second-order valence-electron chi connectivity index (χ2n) is 26.2. The molecule has 0 heterocycles. The molecule has 0 aliphatic carbocycles. The highest BCUT2D eigenvalue weighted by molar-refractivity contribution is 7.47. The molecule has 578 valence electrons. The van der Waals surface area contributed by atoms with Crippen LogP contribution in [0.25, 0.3) is 0 Å². The highest BCUT2D eigenvalue weighted by atomic mass is 31.2. The van der Waals surface area contributed by atoms with Crippen molar-refractivity contribution in [2.45, 2.75) is 354 Å². The van der Waals surface area contributed by atoms with Crippen LogP contribution in [0.3, 0.4) is 0 Å². The third kappa shape index (κ3) is 72.3. The molecule has 19 heteroatoms. The van der Waals surface area contributed by atoms with Crippen LogP contribution >= 0.6 is 15.6 Å². The van der Waals surface area contributed by atoms with Crippen LogP contribution in [0.4, 0.5) is 0 Å². The van der Waals surface area contributed by atoms with Crippen molar-refractivity contribution in [2.24, 2.45) is 0 Å². The van der Waals surface area contributed by atoms with E-state index in [1.54, 1.807) is 0 Å². The molecule has 0 aromatic rings. The number of ether oxygens (including phenoxy) is 4. The molecule has 0 saturated heterocycles. The predicted octanol–water partition coefficient (Wildman–Crippen LogP) is 22.8. The van der Waals surface area contributed by atoms with Gasteiger partial charge in [0.25, 0.3) is 0 Å². The van der Waals surface area contributed by atoms with Crippen molar-refractivity contribution >= 4 is 39.5 Å². The number of phosphoric acid groups is 2. The van der Waals surface area contributed by atoms with E-state index in [0.29, 0.717) is 25.7 Å². The Morgan fingerprint density at radius 2 is 0.520 bits per heavy atom. The summed E-state index contributed by atoms with van der Waals surface area (Å²) in [5, 5.41) is 10.6. The molecule has 0 aliphatic rings. The maximum atomic E-state index is 13.1. The van der Waals surface area contributed by atoms with Crippen LogP contribution < -0.4 is 0 Å². The van der Waals surface area contributed by atoms with Gasteiger partial charge in [-0.25, -0.2) is 9.13 Å². The van der Waals surface area contributed by atoms with Gasteiger partial charge >= 0.3 is 39.5 Å². The predicted molar refractivity (Wildman–Crippen MR) is 409 cm³/mol. The number of unbranched alkanes of at least 4 members (excludes halogenated alkanes) is 32. The van der Waals surface area contributed by atoms with E-state index >= 15 is 0 Å². The fourth-order valence-electron chi connectivity index (χ4n) is 10.5. The van der Waals surface area contributed by atoms with Gasteiger partial charge in [0, 0.05) is 25.7 Å². The molecule has 0 saturated carbocycles. The lowest BCUT2D eigenvalue weighted by atomic mass is 10.1. The summed E-state index contributed by atoms with van der Waals surface area (Å²) in [6.07, 6.45) is 76.7. The molecule has 17 nitrogen and oxygen atoms in total. The van der Waals surface area contributed by atoms with Gasteiger partial charge < -0.3 is 33.8 Å². The maximum absolute atomic E-state index is 13.1. The van der Waals surface area contributed by atoms with Gasteiger partial charge in [0.1, 0.15) is 19.3 Å². The van der Waals surface area contributed by atoms with Crippen LogP contribution in [0, 0.1) is 0 Å². The Labute approximate surface area is 607 Å². The number of phosphoric ester groups is 2. The summed E-state index contributed by atoms with van der Waals surface area (Å²) in [5.74, 6) is -2.21. The van der Waals surface area contributed by atoms with Crippen LogP contribution in [0.2, 0.25) is 0 Å². The monoisotopic (exact) mass is 1450 g/mol. The first-order valence-corrected chi connectivity index (χ1v) is 42.5. The fourth-order valence-corrected chi connectivity index (χ4v) is 12.1. The van der Waals surface area contributed by atoms with E-state index in [-0.39, 0.29) is 25.7 Å². The zero-order chi connectivity index (χ0) is 73.2. The van der Waals surface area contributed by atoms with Gasteiger partial charge in [-0.2, -0.15) is 0 Å². The molecular formula is C81H142O17P2. The lowest BCUT2D eigenvalue weighted by Crippen LogP contribution is -2.30. The lowest BCUT2D eigenvalue weighted by Gasteiger charge is -2.21. The van der Waals surface area contributed by atoms with Crippen molar-refractivity contribution in [1.82, 2.24) is 0 Å². The Morgan fingerprint density at radius 1 is 0.290 bits per heavy atom. The molecule has 0 aliphatic heterocycles. The zero-order valence-electron chi connectivity index (χ0n) is 63.1. The van der Waals surface area contributed by atoms with Gasteiger partial charge in [-0.1, -0.05) is 266 Å². The quantitative estimate of drug-likeness (QED) is 0.0169. The summed E-state index contributed by atoms with van der Waals surface area (Å²) in [5.41, 5.74) is 0. The first-order valence-electron chi connectivity index (χ1n) is 39.5. The molecule has 0 aromatic carbocycles. The first-order chi connectivity index (χ1) is 48.7. The molecule has 5 unspecified atom stereocenters. The molecule has 0 rings (SSSR count). The second kappa shape index (κ2) is 73.3. The number of carbonyl (C=O) groups excluding carboxylic acids is 4. The fraction of sp³-hybridized carbons (Fsp3) is 0.753. The van der Waals surface area contributed by atoms with Gasteiger partial charge in [-0.05, 0) is 141 Å². The minimum absolute atomic E-state index is 0.0728. The Hall–Kier alpha value is -4.02. The van der Waals surface area contributed by atoms with E-state index in [2.05, 4.69) is 125 Å². The summed E-state index contributed by atoms with van der Waals surface area (Å²) < 4.78 is 68.5. The molecule has 0 radical (unpaired) electrons. The van der Waals surface area contributed by atoms with E-state index < -0.39 is 97.5 Å². The van der Waals surface area contributed by atoms with Crippen LogP contribution in [0.1, 0.15) is 336 Å². The van der Waals surface area contributed by atoms with Crippen molar-refractivity contribution in [3.05, 3.63) is 97.2 Å². The van der Waals surface area contributed by atoms with E-state index in [1.165, 1.54) is 64.2 Å². The largest absolute Gasteiger partial charge is 0.472 e. The average molecular weight is 1450 g/mol. The number of aliphatic hydroxyl groups excluding tert-OH is 1. The summed E-state index contributed by atoms with van der Waals surface area (Å²) >= 11 is 0. The number of esters is 4. The molecule has 0 amide bonds. The Bertz CT molecular complexity index is 2270. The number of hydrogen-bond acceptors (Lipinski definition) is 15. The zero-order valence-corrected chi connectivity index (χ0v) is 64.9. The van der Waals surface area contributed by atoms with Crippen molar-refractivity contribution in [1.29, 1.82) is 0 Å². The highest BCUT2D eigenvalue weighted by Gasteiger charge is 2.30. The minimum atomic E-state index is -4.98. The van der Waals surface area contributed by atoms with E-state index in [0.717, 1.165) is 193 Å². The standard InChI is InChI=1S/C81H142O17P2/c1-5-9-13-17-21-25-29-33-36-37-40-43-46-50-54-58-62-66-79(84)92-72-77(98-81(86)68-64-60-56-52-48-44-39-35-31-27-23-19-15-11-7-3)74-96-100(89,90)94-70-75(82)69-93-99(87,88)95-73-76(97-80(85)67-63-59-55-51-47-41-32-28-24-20-16-12-8-4)71-91-78(83)65-61-57-53-49-45-42-38-34-30-26-22-18-14-10-6-2/h9,11,13,15,21,23,25,27-28,32-36,38-39,75-77,82H,5-8,10,12,14,16-20,22,24,26,29-31,37,40-74H2,1-4H3,(H,87,88)(H,89,90)/b13-9-,15-11-,25-21-,27-23-,32-28-,36-33-,38-34-,39-35-. The lowest BCUT2D eigenvalue weighted by molar-refractivity contribution is -0.161. The molecular weight excluding hydrogens is 1310 g/mol. The van der Waals surface area contributed by atoms with Crippen LogP contribution in [-0.4, -0.2) is 96.7 Å². The first kappa shape index (κ1) is 96.0. The molecule has 0 fully saturated rings. The molecule has 0 bridgehead atoms. The van der Waals surface area contributed by atoms with Crippen LogP contribution in [0.15, 0.2) is 97.2 Å². The normalized spacial score (nSPS) is 14.4. The van der Waals surface area contributed by atoms with Gasteiger partial charge in [-0.3, -0.25) is 37.3 Å². The summed E-state index contributed by atoms with van der Waals surface area (Å²) in [6, 6.07) is 0. The third-order valence-electron chi connectivity index (χ3n) is 16.5. The topological polar surface area (TPSA) is 237 Å². The summed E-state index contributed by atoms with van der Waals surface area (Å²) in [6.45, 7) is 4.62. The molecule has 0 aromatic heterocycles. The molecule has 100 heavy (non-hydrogen) atoms. The van der Waals surface area contributed by atoms with Crippen LogP contribution in [-0.2, 0) is 65.4 Å². The van der Waals surface area contributed by atoms with Crippen molar-refractivity contribution in [3.8, 4) is 0 Å². The number of hydrogen-bond donors (Lipinski definition) is 3. The van der Waals surface area contributed by atoms with Gasteiger partial charge in [0.05, 0.1) is 26.4 Å². The Morgan fingerprint density at radius 3 is 0.820 bits per heavy atom. The van der Waals surface area contributed by atoms with Crippen molar-refractivity contribution in [3.63, 3.8) is 0 Å². The smallest absolute Gasteiger partial charge is 0.462 e. The van der Waals surface area contributed by atoms with Gasteiger partial charge in [-0.15, -0.1) is 0 Å². The van der Waals surface area contributed by atoms with Crippen LogP contribution in [0.5, 0.6) is 0 Å². The van der Waals surface area contributed by atoms with Gasteiger partial charge in [0.15, 0.2) is 12.2 Å². The van der Waals surface area contributed by atoms with E-state index in [9.17, 15) is 43.2 Å².